The van der Waals surface area contributed by atoms with Gasteiger partial charge in [0.25, 0.3) is 0 Å². The van der Waals surface area contributed by atoms with Crippen LogP contribution in [0.15, 0.2) is 224 Å². The fourth-order valence-electron chi connectivity index (χ4n) is 7.46. The molecule has 0 amide bonds. The second-order valence-corrected chi connectivity index (χ2v) is 14.4. The maximum absolute atomic E-state index is 2.44. The SMILES string of the molecule is CC1(N(c2ccccc2)c2ccccc2)C=CC(/C=C/c2ccc(C3=CCC(/C=C/c4ccc(N(c5ccccc5)c5ccccc5)cc4)C=C3)cc2)=CC1. The number of rotatable bonds is 11. The van der Waals surface area contributed by atoms with Gasteiger partial charge in [-0.1, -0.05) is 170 Å². The third kappa shape index (κ3) is 8.45. The summed E-state index contributed by atoms with van der Waals surface area (Å²) in [6, 6.07) is 60.2. The van der Waals surface area contributed by atoms with E-state index in [0.717, 1.165) is 29.9 Å². The van der Waals surface area contributed by atoms with Crippen LogP contribution in [-0.4, -0.2) is 5.54 Å². The third-order valence-electron chi connectivity index (χ3n) is 10.5. The van der Waals surface area contributed by atoms with Crippen LogP contribution in [0.3, 0.4) is 0 Å². The van der Waals surface area contributed by atoms with Crippen molar-refractivity contribution in [2.75, 3.05) is 9.80 Å². The highest BCUT2D eigenvalue weighted by Gasteiger charge is 2.31. The Labute approximate surface area is 326 Å². The van der Waals surface area contributed by atoms with Crippen molar-refractivity contribution in [1.82, 2.24) is 0 Å². The molecule has 2 aliphatic rings. The van der Waals surface area contributed by atoms with Gasteiger partial charge in [-0.2, -0.15) is 0 Å². The minimum absolute atomic E-state index is 0.169. The van der Waals surface area contributed by atoms with Gasteiger partial charge in [0.05, 0.1) is 5.54 Å². The number of benzene rings is 6. The van der Waals surface area contributed by atoms with E-state index in [4.69, 9.17) is 0 Å². The average Bonchev–Trinajstić information content (AvgIpc) is 3.25. The Bertz CT molecular complexity index is 2270. The van der Waals surface area contributed by atoms with Gasteiger partial charge in [0.15, 0.2) is 0 Å². The van der Waals surface area contributed by atoms with E-state index in [0.29, 0.717) is 5.92 Å². The van der Waals surface area contributed by atoms with Crippen LogP contribution in [0.2, 0.25) is 0 Å². The molecular weight excluding hydrogens is 665 g/mol. The fraction of sp³-hybridized carbons (Fsp3) is 0.0943. The van der Waals surface area contributed by atoms with Gasteiger partial charge >= 0.3 is 0 Å². The topological polar surface area (TPSA) is 6.48 Å². The zero-order valence-electron chi connectivity index (χ0n) is 31.3. The highest BCUT2D eigenvalue weighted by molar-refractivity contribution is 5.78. The highest BCUT2D eigenvalue weighted by atomic mass is 15.2. The molecule has 0 bridgehead atoms. The summed E-state index contributed by atoms with van der Waals surface area (Å²) in [7, 11) is 0. The van der Waals surface area contributed by atoms with Gasteiger partial charge in [-0.25, -0.2) is 0 Å². The molecule has 0 N–H and O–H groups in total. The third-order valence-corrected chi connectivity index (χ3v) is 10.5. The number of allylic oxidation sites excluding steroid dienone is 8. The molecule has 8 rings (SSSR count). The van der Waals surface area contributed by atoms with E-state index in [1.807, 2.05) is 0 Å². The molecule has 2 unspecified atom stereocenters. The molecule has 0 fully saturated rings. The number of nitrogens with zero attached hydrogens (tertiary/aromatic N) is 2. The van der Waals surface area contributed by atoms with Crippen LogP contribution < -0.4 is 9.80 Å². The largest absolute Gasteiger partial charge is 0.332 e. The van der Waals surface area contributed by atoms with E-state index < -0.39 is 0 Å². The molecule has 0 heterocycles. The Morgan fingerprint density at radius 1 is 0.509 bits per heavy atom. The molecule has 0 spiro atoms. The molecule has 0 saturated carbocycles. The predicted molar refractivity (Wildman–Crippen MR) is 236 cm³/mol. The first-order valence-corrected chi connectivity index (χ1v) is 19.3. The lowest BCUT2D eigenvalue weighted by Crippen LogP contribution is -2.42. The van der Waals surface area contributed by atoms with Crippen molar-refractivity contribution in [3.63, 3.8) is 0 Å². The maximum atomic E-state index is 2.44. The second-order valence-electron chi connectivity index (χ2n) is 14.4. The number of hydrogen-bond acceptors (Lipinski definition) is 2. The van der Waals surface area contributed by atoms with Crippen molar-refractivity contribution in [3.8, 4) is 0 Å². The summed E-state index contributed by atoms with van der Waals surface area (Å²) < 4.78 is 0. The van der Waals surface area contributed by atoms with Crippen molar-refractivity contribution in [1.29, 1.82) is 0 Å². The van der Waals surface area contributed by atoms with Gasteiger partial charge < -0.3 is 9.80 Å². The summed E-state index contributed by atoms with van der Waals surface area (Å²) in [5, 5.41) is 0. The molecule has 0 saturated heterocycles. The molecule has 0 radical (unpaired) electrons. The minimum Gasteiger partial charge on any atom is -0.332 e. The van der Waals surface area contributed by atoms with E-state index in [-0.39, 0.29) is 5.54 Å². The van der Waals surface area contributed by atoms with Gasteiger partial charge in [0, 0.05) is 28.4 Å². The van der Waals surface area contributed by atoms with E-state index in [9.17, 15) is 0 Å². The van der Waals surface area contributed by atoms with Crippen molar-refractivity contribution >= 4 is 46.2 Å². The molecule has 2 heteroatoms. The summed E-state index contributed by atoms with van der Waals surface area (Å²) in [6.07, 6.45) is 24.8. The highest BCUT2D eigenvalue weighted by Crippen LogP contribution is 2.39. The molecule has 2 nitrogen and oxygen atoms in total. The first-order valence-electron chi connectivity index (χ1n) is 19.3. The molecule has 6 aromatic carbocycles. The van der Waals surface area contributed by atoms with Crippen LogP contribution >= 0.6 is 0 Å². The lowest BCUT2D eigenvalue weighted by molar-refractivity contribution is 0.568. The summed E-state index contributed by atoms with van der Waals surface area (Å²) in [5.41, 5.74) is 11.8. The zero-order valence-corrected chi connectivity index (χ0v) is 31.3. The first kappa shape index (κ1) is 35.4. The van der Waals surface area contributed by atoms with Gasteiger partial charge in [-0.3, -0.25) is 0 Å². The van der Waals surface area contributed by atoms with E-state index >= 15 is 0 Å². The van der Waals surface area contributed by atoms with E-state index in [1.54, 1.807) is 0 Å². The monoisotopic (exact) mass is 710 g/mol. The predicted octanol–water partition coefficient (Wildman–Crippen LogP) is 14.3. The lowest BCUT2D eigenvalue weighted by atomic mass is 9.87. The van der Waals surface area contributed by atoms with Crippen LogP contribution in [0.5, 0.6) is 0 Å². The average molecular weight is 711 g/mol. The normalized spacial score (nSPS) is 17.9. The molecule has 55 heavy (non-hydrogen) atoms. The van der Waals surface area contributed by atoms with Crippen molar-refractivity contribution in [2.45, 2.75) is 25.3 Å². The van der Waals surface area contributed by atoms with Crippen molar-refractivity contribution < 1.29 is 0 Å². The quantitative estimate of drug-likeness (QED) is 0.132. The fourth-order valence-corrected chi connectivity index (χ4v) is 7.46. The summed E-state index contributed by atoms with van der Waals surface area (Å²) in [4.78, 5) is 4.73. The van der Waals surface area contributed by atoms with E-state index in [2.05, 4.69) is 247 Å². The molecule has 0 aromatic heterocycles. The Morgan fingerprint density at radius 3 is 1.53 bits per heavy atom. The van der Waals surface area contributed by atoms with Crippen LogP contribution in [0.4, 0.5) is 28.4 Å². The van der Waals surface area contributed by atoms with Gasteiger partial charge in [0.1, 0.15) is 0 Å². The Hall–Kier alpha value is -6.64. The smallest absolute Gasteiger partial charge is 0.0643 e. The molecule has 2 aliphatic carbocycles. The van der Waals surface area contributed by atoms with Gasteiger partial charge in [-0.15, -0.1) is 0 Å². The van der Waals surface area contributed by atoms with E-state index in [1.165, 1.54) is 39.2 Å². The minimum atomic E-state index is -0.169. The molecule has 2 atom stereocenters. The Kier molecular flexibility index (Phi) is 10.7. The molecular formula is C53H46N2. The standard InChI is InChI=1S/C53H46N2/c1-53(55(51-18-10-4-11-19-51)52-20-12-5-13-21-52)40-38-45(39-41-53)25-24-43-28-34-47(35-29-43)46-32-26-42(27-33-46)22-23-44-30-36-50(37-31-44)54(48-14-6-2-7-15-48)49-16-8-3-9-17-49/h2-26,28-40,42H,27,41H2,1H3/b23-22+,25-24+. The van der Waals surface area contributed by atoms with Crippen LogP contribution in [0.25, 0.3) is 17.7 Å². The number of anilines is 5. The number of hydrogen-bond donors (Lipinski definition) is 0. The Balaban J connectivity index is 0.870. The first-order chi connectivity index (χ1) is 27.1. The summed E-state index contributed by atoms with van der Waals surface area (Å²) in [6.45, 7) is 2.32. The van der Waals surface area contributed by atoms with Gasteiger partial charge in [0.2, 0.25) is 0 Å². The zero-order chi connectivity index (χ0) is 37.3. The van der Waals surface area contributed by atoms with Gasteiger partial charge in [-0.05, 0) is 114 Å². The molecule has 268 valence electrons. The molecule has 0 aliphatic heterocycles. The van der Waals surface area contributed by atoms with Crippen molar-refractivity contribution in [3.05, 3.63) is 241 Å². The number of para-hydroxylation sites is 4. The molecule has 6 aromatic rings. The summed E-state index contributed by atoms with van der Waals surface area (Å²) in [5.74, 6) is 0.377. The maximum Gasteiger partial charge on any atom is 0.0643 e. The van der Waals surface area contributed by atoms with Crippen LogP contribution in [-0.2, 0) is 0 Å². The Morgan fingerprint density at radius 2 is 1.02 bits per heavy atom. The lowest BCUT2D eigenvalue weighted by Gasteiger charge is -2.42. The second kappa shape index (κ2) is 16.6. The van der Waals surface area contributed by atoms with Crippen LogP contribution in [0.1, 0.15) is 36.5 Å². The van der Waals surface area contributed by atoms with Crippen molar-refractivity contribution in [2.24, 2.45) is 5.92 Å². The van der Waals surface area contributed by atoms with Crippen LogP contribution in [0, 0.1) is 5.92 Å². The summed E-state index contributed by atoms with van der Waals surface area (Å²) >= 11 is 0.